The van der Waals surface area contributed by atoms with E-state index >= 15 is 0 Å². The van der Waals surface area contributed by atoms with Gasteiger partial charge in [0, 0.05) is 6.54 Å². The van der Waals surface area contributed by atoms with Gasteiger partial charge in [0.2, 0.25) is 5.91 Å². The molecule has 1 atom stereocenters. The van der Waals surface area contributed by atoms with Crippen molar-refractivity contribution < 1.29 is 19.8 Å². The number of carbonyl (C=O) groups is 2. The number of thioether (sulfide) groups is 1. The number of rotatable bonds is 8. The monoisotopic (exact) mass is 249 g/mol. The summed E-state index contributed by atoms with van der Waals surface area (Å²) in [4.78, 5) is 21.4. The van der Waals surface area contributed by atoms with Gasteiger partial charge in [-0.25, -0.2) is 0 Å². The number of carboxylic acids is 1. The Balaban J connectivity index is 3.68. The van der Waals surface area contributed by atoms with Gasteiger partial charge in [0.25, 0.3) is 0 Å². The Morgan fingerprint density at radius 3 is 2.50 bits per heavy atom. The summed E-state index contributed by atoms with van der Waals surface area (Å²) in [6, 6.07) is 0. The molecule has 3 N–H and O–H groups in total. The van der Waals surface area contributed by atoms with Crippen LogP contribution in [0, 0.1) is 0 Å². The summed E-state index contributed by atoms with van der Waals surface area (Å²) in [5.41, 5.74) is -0.887. The van der Waals surface area contributed by atoms with Gasteiger partial charge in [0.05, 0.1) is 17.1 Å². The fourth-order valence-electron chi connectivity index (χ4n) is 1.20. The topological polar surface area (TPSA) is 86.6 Å². The van der Waals surface area contributed by atoms with Crippen LogP contribution in [-0.4, -0.2) is 45.7 Å². The lowest BCUT2D eigenvalue weighted by Gasteiger charge is -2.22. The summed E-state index contributed by atoms with van der Waals surface area (Å²) < 4.78 is 0. The summed E-state index contributed by atoms with van der Waals surface area (Å²) in [6.07, 6.45) is 1.46. The second-order valence-electron chi connectivity index (χ2n) is 3.91. The van der Waals surface area contributed by atoms with Crippen LogP contribution in [-0.2, 0) is 9.59 Å². The van der Waals surface area contributed by atoms with E-state index in [9.17, 15) is 14.7 Å². The van der Waals surface area contributed by atoms with Crippen LogP contribution in [0.3, 0.4) is 0 Å². The summed E-state index contributed by atoms with van der Waals surface area (Å²) in [5.74, 6) is -1.16. The van der Waals surface area contributed by atoms with Crippen molar-refractivity contribution in [3.05, 3.63) is 0 Å². The van der Waals surface area contributed by atoms with Crippen LogP contribution in [0.1, 0.15) is 26.7 Å². The van der Waals surface area contributed by atoms with E-state index in [0.717, 1.165) is 18.2 Å². The molecule has 0 aromatic carbocycles. The number of hydrogen-bond donors (Lipinski definition) is 3. The second-order valence-corrected chi connectivity index (χ2v) is 4.90. The third kappa shape index (κ3) is 8.55. The van der Waals surface area contributed by atoms with Crippen molar-refractivity contribution in [2.75, 3.05) is 18.1 Å². The van der Waals surface area contributed by atoms with Gasteiger partial charge in [0.1, 0.15) is 0 Å². The summed E-state index contributed by atoms with van der Waals surface area (Å²) in [5, 5.41) is 20.7. The fourth-order valence-corrected chi connectivity index (χ4v) is 1.76. The summed E-state index contributed by atoms with van der Waals surface area (Å²) >= 11 is 1.04. The number of aliphatic carboxylic acids is 1. The lowest BCUT2D eigenvalue weighted by molar-refractivity contribution is -0.133. The van der Waals surface area contributed by atoms with Gasteiger partial charge in [-0.3, -0.25) is 9.59 Å². The number of carbonyl (C=O) groups excluding carboxylic acids is 1. The molecule has 0 bridgehead atoms. The fraction of sp³-hybridized carbons (Fsp3) is 0.800. The highest BCUT2D eigenvalue weighted by molar-refractivity contribution is 8.00. The number of aliphatic hydroxyl groups is 1. The minimum atomic E-state index is -0.934. The van der Waals surface area contributed by atoms with E-state index in [4.69, 9.17) is 5.11 Å². The minimum Gasteiger partial charge on any atom is -0.481 e. The van der Waals surface area contributed by atoms with Crippen molar-refractivity contribution in [3.8, 4) is 0 Å². The maximum absolute atomic E-state index is 11.2. The Kier molecular flexibility index (Phi) is 7.16. The van der Waals surface area contributed by atoms with Crippen LogP contribution in [0.25, 0.3) is 0 Å². The van der Waals surface area contributed by atoms with Crippen molar-refractivity contribution in [2.24, 2.45) is 0 Å². The molecule has 1 amide bonds. The Morgan fingerprint density at radius 2 is 2.00 bits per heavy atom. The second kappa shape index (κ2) is 7.51. The summed E-state index contributed by atoms with van der Waals surface area (Å²) in [7, 11) is 0. The lowest BCUT2D eigenvalue weighted by Crippen LogP contribution is -2.41. The average molecular weight is 249 g/mol. The molecule has 0 heterocycles. The Morgan fingerprint density at radius 1 is 1.38 bits per heavy atom. The lowest BCUT2D eigenvalue weighted by atomic mass is 10.0. The molecular formula is C10H19NO4S. The number of hydrogen-bond acceptors (Lipinski definition) is 4. The highest BCUT2D eigenvalue weighted by Crippen LogP contribution is 2.10. The first-order chi connectivity index (χ1) is 7.37. The molecule has 94 valence electrons. The minimum absolute atomic E-state index is 0.0846. The van der Waals surface area contributed by atoms with Gasteiger partial charge < -0.3 is 15.5 Å². The predicted molar refractivity (Wildman–Crippen MR) is 63.5 cm³/mol. The Bertz CT molecular complexity index is 243. The van der Waals surface area contributed by atoms with Gasteiger partial charge in [0.15, 0.2) is 0 Å². The SMILES string of the molecule is CCCC(C)(O)CNC(=O)CSCC(=O)O. The van der Waals surface area contributed by atoms with Crippen molar-refractivity contribution in [1.82, 2.24) is 5.32 Å². The molecule has 0 saturated heterocycles. The molecule has 0 saturated carbocycles. The first-order valence-electron chi connectivity index (χ1n) is 5.16. The maximum Gasteiger partial charge on any atom is 0.313 e. The molecular weight excluding hydrogens is 230 g/mol. The normalized spacial score (nSPS) is 14.2. The molecule has 16 heavy (non-hydrogen) atoms. The maximum atomic E-state index is 11.2. The molecule has 1 unspecified atom stereocenters. The first-order valence-corrected chi connectivity index (χ1v) is 6.31. The smallest absolute Gasteiger partial charge is 0.313 e. The average Bonchev–Trinajstić information content (AvgIpc) is 2.14. The molecule has 0 fully saturated rings. The zero-order valence-corrected chi connectivity index (χ0v) is 10.5. The molecule has 0 aliphatic heterocycles. The van der Waals surface area contributed by atoms with Gasteiger partial charge in [-0.1, -0.05) is 13.3 Å². The van der Waals surface area contributed by atoms with E-state index < -0.39 is 11.6 Å². The quantitative estimate of drug-likeness (QED) is 0.582. The van der Waals surface area contributed by atoms with Crippen LogP contribution >= 0.6 is 11.8 Å². The number of nitrogens with one attached hydrogen (secondary N) is 1. The van der Waals surface area contributed by atoms with E-state index in [2.05, 4.69) is 5.32 Å². The van der Waals surface area contributed by atoms with Crippen molar-refractivity contribution in [3.63, 3.8) is 0 Å². The third-order valence-corrected chi connectivity index (χ3v) is 2.83. The molecule has 0 aromatic heterocycles. The number of amides is 1. The van der Waals surface area contributed by atoms with Crippen LogP contribution in [0.2, 0.25) is 0 Å². The molecule has 0 spiro atoms. The first kappa shape index (κ1) is 15.2. The zero-order valence-electron chi connectivity index (χ0n) is 9.65. The predicted octanol–water partition coefficient (Wildman–Crippen LogP) is 0.471. The van der Waals surface area contributed by atoms with Crippen LogP contribution in [0.15, 0.2) is 0 Å². The molecule has 0 rings (SSSR count). The zero-order chi connectivity index (χ0) is 12.6. The van der Waals surface area contributed by atoms with Crippen molar-refractivity contribution >= 4 is 23.6 Å². The van der Waals surface area contributed by atoms with E-state index in [1.807, 2.05) is 6.92 Å². The van der Waals surface area contributed by atoms with Gasteiger partial charge in [-0.15, -0.1) is 11.8 Å². The van der Waals surface area contributed by atoms with E-state index in [1.54, 1.807) is 6.92 Å². The van der Waals surface area contributed by atoms with Gasteiger partial charge in [-0.05, 0) is 13.3 Å². The van der Waals surface area contributed by atoms with Crippen molar-refractivity contribution in [2.45, 2.75) is 32.3 Å². The molecule has 0 aromatic rings. The highest BCUT2D eigenvalue weighted by atomic mass is 32.2. The largest absolute Gasteiger partial charge is 0.481 e. The summed E-state index contributed by atoms with van der Waals surface area (Å²) in [6.45, 7) is 3.83. The van der Waals surface area contributed by atoms with Crippen LogP contribution < -0.4 is 5.32 Å². The van der Waals surface area contributed by atoms with Gasteiger partial charge >= 0.3 is 5.97 Å². The van der Waals surface area contributed by atoms with E-state index in [1.165, 1.54) is 0 Å². The van der Waals surface area contributed by atoms with E-state index in [-0.39, 0.29) is 24.0 Å². The molecule has 0 radical (unpaired) electrons. The molecule has 0 aliphatic rings. The molecule has 0 aliphatic carbocycles. The Hall–Kier alpha value is -0.750. The highest BCUT2D eigenvalue weighted by Gasteiger charge is 2.19. The van der Waals surface area contributed by atoms with Gasteiger partial charge in [-0.2, -0.15) is 0 Å². The van der Waals surface area contributed by atoms with Crippen LogP contribution in [0.4, 0.5) is 0 Å². The molecule has 5 nitrogen and oxygen atoms in total. The third-order valence-electron chi connectivity index (χ3n) is 1.91. The molecule has 6 heteroatoms. The number of carboxylic acid groups (broad SMARTS) is 1. The van der Waals surface area contributed by atoms with Crippen molar-refractivity contribution in [1.29, 1.82) is 0 Å². The van der Waals surface area contributed by atoms with Crippen LogP contribution in [0.5, 0.6) is 0 Å². The Labute approximate surface area is 99.6 Å². The standard InChI is InChI=1S/C10H19NO4S/c1-3-4-10(2,15)7-11-8(12)5-16-6-9(13)14/h15H,3-7H2,1-2H3,(H,11,12)(H,13,14). The van der Waals surface area contributed by atoms with E-state index in [0.29, 0.717) is 6.42 Å².